The Morgan fingerprint density at radius 1 is 1.00 bits per heavy atom. The summed E-state index contributed by atoms with van der Waals surface area (Å²) < 4.78 is 53.3. The Bertz CT molecular complexity index is 892. The zero-order chi connectivity index (χ0) is 17.4. The van der Waals surface area contributed by atoms with Crippen LogP contribution in [0.3, 0.4) is 0 Å². The molecule has 1 aliphatic carbocycles. The molecule has 0 fully saturated rings. The maximum Gasteiger partial charge on any atom is 0.188 e. The average Bonchev–Trinajstić information content (AvgIpc) is 2.58. The minimum absolute atomic E-state index is 0.0471. The molecule has 0 radical (unpaired) electrons. The summed E-state index contributed by atoms with van der Waals surface area (Å²) in [6.07, 6.45) is 4.32. The van der Waals surface area contributed by atoms with Crippen LogP contribution in [0.25, 0.3) is 0 Å². The predicted molar refractivity (Wildman–Crippen MR) is 89.7 cm³/mol. The summed E-state index contributed by atoms with van der Waals surface area (Å²) in [5.41, 5.74) is -0.123. The van der Waals surface area contributed by atoms with E-state index in [2.05, 4.69) is 0 Å². The van der Waals surface area contributed by atoms with E-state index in [1.807, 2.05) is 6.08 Å². The van der Waals surface area contributed by atoms with Gasteiger partial charge in [0.15, 0.2) is 9.84 Å². The van der Waals surface area contributed by atoms with Gasteiger partial charge in [-0.05, 0) is 61.7 Å². The van der Waals surface area contributed by atoms with Crippen molar-refractivity contribution in [2.45, 2.75) is 28.9 Å². The van der Waals surface area contributed by atoms with E-state index in [-0.39, 0.29) is 23.3 Å². The number of hydrogen-bond donors (Lipinski definition) is 0. The number of hydrogen-bond acceptors (Lipinski definition) is 2. The molecule has 2 nitrogen and oxygen atoms in total. The third-order valence-corrected chi connectivity index (χ3v) is 7.15. The van der Waals surface area contributed by atoms with Gasteiger partial charge in [-0.25, -0.2) is 17.2 Å². The number of allylic oxidation sites excluding steroid dienone is 2. The number of benzene rings is 2. The Morgan fingerprint density at radius 2 is 1.71 bits per heavy atom. The summed E-state index contributed by atoms with van der Waals surface area (Å²) in [7, 11) is -3.95. The highest BCUT2D eigenvalue weighted by Crippen LogP contribution is 2.46. The van der Waals surface area contributed by atoms with E-state index in [1.165, 1.54) is 24.3 Å². The molecule has 0 aromatic heterocycles. The second-order valence-electron chi connectivity index (χ2n) is 5.79. The van der Waals surface area contributed by atoms with Gasteiger partial charge < -0.3 is 0 Å². The molecule has 24 heavy (non-hydrogen) atoms. The maximum atomic E-state index is 14.4. The highest BCUT2D eigenvalue weighted by atomic mass is 35.5. The summed E-state index contributed by atoms with van der Waals surface area (Å²) in [6, 6.07) is 8.69. The normalized spacial score (nSPS) is 21.0. The van der Waals surface area contributed by atoms with E-state index in [4.69, 9.17) is 11.6 Å². The summed E-state index contributed by atoms with van der Waals surface area (Å²) in [6.45, 7) is 0. The van der Waals surface area contributed by atoms with Gasteiger partial charge in [-0.2, -0.15) is 0 Å². The van der Waals surface area contributed by atoms with Gasteiger partial charge in [0, 0.05) is 10.6 Å². The van der Waals surface area contributed by atoms with Gasteiger partial charge in [-0.15, -0.1) is 0 Å². The fraction of sp³-hybridized carbons (Fsp3) is 0.222. The van der Waals surface area contributed by atoms with Gasteiger partial charge in [0.05, 0.1) is 4.90 Å². The van der Waals surface area contributed by atoms with Crippen LogP contribution in [-0.4, -0.2) is 8.42 Å². The molecular formula is C18H15ClF2O2S. The number of sulfone groups is 1. The lowest BCUT2D eigenvalue weighted by Crippen LogP contribution is -2.38. The van der Waals surface area contributed by atoms with Crippen molar-refractivity contribution in [3.05, 3.63) is 76.8 Å². The van der Waals surface area contributed by atoms with E-state index in [1.54, 1.807) is 6.08 Å². The van der Waals surface area contributed by atoms with Crippen LogP contribution in [0, 0.1) is 11.6 Å². The van der Waals surface area contributed by atoms with Crippen LogP contribution in [0.4, 0.5) is 8.78 Å². The molecule has 1 aliphatic rings. The largest absolute Gasteiger partial charge is 0.223 e. The highest BCUT2D eigenvalue weighted by Gasteiger charge is 2.47. The van der Waals surface area contributed by atoms with Crippen molar-refractivity contribution in [2.24, 2.45) is 0 Å². The van der Waals surface area contributed by atoms with Crippen LogP contribution in [-0.2, 0) is 14.6 Å². The van der Waals surface area contributed by atoms with Crippen LogP contribution in [0.1, 0.15) is 24.8 Å². The summed E-state index contributed by atoms with van der Waals surface area (Å²) >= 11 is 5.83. The third kappa shape index (κ3) is 2.76. The van der Waals surface area contributed by atoms with E-state index in [0.29, 0.717) is 11.4 Å². The van der Waals surface area contributed by atoms with Gasteiger partial charge in [-0.1, -0.05) is 23.8 Å². The minimum Gasteiger partial charge on any atom is -0.223 e. The van der Waals surface area contributed by atoms with Crippen LogP contribution in [0.15, 0.2) is 59.5 Å². The topological polar surface area (TPSA) is 34.1 Å². The Balaban J connectivity index is 2.25. The maximum absolute atomic E-state index is 14.4. The van der Waals surface area contributed by atoms with Gasteiger partial charge in [-0.3, -0.25) is 0 Å². The molecule has 0 bridgehead atoms. The molecular weight excluding hydrogens is 354 g/mol. The van der Waals surface area contributed by atoms with Gasteiger partial charge in [0.2, 0.25) is 0 Å². The first kappa shape index (κ1) is 17.1. The standard InChI is InChI=1S/C18H15ClF2O2S/c19-13-4-7-15(8-5-13)24(22,23)18(10-2-1-3-11-18)16-12-14(20)6-9-17(16)21/h1-2,4-9,12H,3,10-11H2. The highest BCUT2D eigenvalue weighted by molar-refractivity contribution is 7.92. The van der Waals surface area contributed by atoms with Gasteiger partial charge in [0.25, 0.3) is 0 Å². The van der Waals surface area contributed by atoms with Crippen molar-refractivity contribution in [1.29, 1.82) is 0 Å². The zero-order valence-corrected chi connectivity index (χ0v) is 14.2. The summed E-state index contributed by atoms with van der Waals surface area (Å²) in [4.78, 5) is 0.0471. The van der Waals surface area contributed by atoms with Crippen LogP contribution < -0.4 is 0 Å². The molecule has 2 aromatic rings. The molecule has 3 rings (SSSR count). The lowest BCUT2D eigenvalue weighted by atomic mass is 9.86. The molecule has 0 saturated carbocycles. The monoisotopic (exact) mass is 368 g/mol. The van der Waals surface area contributed by atoms with Crippen molar-refractivity contribution in [3.8, 4) is 0 Å². The molecule has 0 heterocycles. The van der Waals surface area contributed by atoms with Crippen molar-refractivity contribution in [1.82, 2.24) is 0 Å². The Kier molecular flexibility index (Phi) is 4.49. The fourth-order valence-corrected chi connectivity index (χ4v) is 5.35. The predicted octanol–water partition coefficient (Wildman–Crippen LogP) is 5.03. The molecule has 6 heteroatoms. The van der Waals surface area contributed by atoms with Crippen molar-refractivity contribution in [2.75, 3.05) is 0 Å². The molecule has 1 unspecified atom stereocenters. The van der Waals surface area contributed by atoms with Crippen molar-refractivity contribution in [3.63, 3.8) is 0 Å². The molecule has 0 N–H and O–H groups in total. The fourth-order valence-electron chi connectivity index (χ4n) is 3.13. The summed E-state index contributed by atoms with van der Waals surface area (Å²) in [5.74, 6) is -1.38. The van der Waals surface area contributed by atoms with Gasteiger partial charge in [0.1, 0.15) is 16.4 Å². The molecule has 0 aliphatic heterocycles. The molecule has 2 aromatic carbocycles. The lowest BCUT2D eigenvalue weighted by molar-refractivity contribution is 0.459. The number of halogens is 3. The van der Waals surface area contributed by atoms with E-state index >= 15 is 0 Å². The van der Waals surface area contributed by atoms with E-state index < -0.39 is 26.2 Å². The summed E-state index contributed by atoms with van der Waals surface area (Å²) in [5, 5.41) is 0.406. The van der Waals surface area contributed by atoms with Crippen molar-refractivity contribution >= 4 is 21.4 Å². The average molecular weight is 369 g/mol. The molecule has 0 spiro atoms. The molecule has 0 amide bonds. The first-order valence-electron chi connectivity index (χ1n) is 7.47. The smallest absolute Gasteiger partial charge is 0.188 e. The van der Waals surface area contributed by atoms with E-state index in [9.17, 15) is 17.2 Å². The Morgan fingerprint density at radius 3 is 2.33 bits per heavy atom. The quantitative estimate of drug-likeness (QED) is 0.712. The van der Waals surface area contributed by atoms with Crippen LogP contribution in [0.2, 0.25) is 5.02 Å². The zero-order valence-electron chi connectivity index (χ0n) is 12.7. The first-order valence-corrected chi connectivity index (χ1v) is 9.34. The molecule has 0 saturated heterocycles. The molecule has 126 valence electrons. The van der Waals surface area contributed by atoms with Crippen molar-refractivity contribution < 1.29 is 17.2 Å². The third-order valence-electron chi connectivity index (χ3n) is 4.39. The van der Waals surface area contributed by atoms with Crippen LogP contribution in [0.5, 0.6) is 0 Å². The number of rotatable bonds is 3. The van der Waals surface area contributed by atoms with Gasteiger partial charge >= 0.3 is 0 Å². The lowest BCUT2D eigenvalue weighted by Gasteiger charge is -2.35. The van der Waals surface area contributed by atoms with Crippen LogP contribution >= 0.6 is 11.6 Å². The first-order chi connectivity index (χ1) is 11.4. The SMILES string of the molecule is O=S(=O)(c1ccc(Cl)cc1)C1(c2cc(F)ccc2F)CC=CCC1. The Hall–Kier alpha value is -1.72. The molecule has 1 atom stereocenters. The minimum atomic E-state index is -3.95. The Labute approximate surface area is 144 Å². The second-order valence-corrected chi connectivity index (χ2v) is 8.49. The van der Waals surface area contributed by atoms with E-state index in [0.717, 1.165) is 18.2 Å². The second kappa shape index (κ2) is 6.30.